The maximum atomic E-state index is 13.9. The number of aryl methyl sites for hydroxylation is 2. The summed E-state index contributed by atoms with van der Waals surface area (Å²) in [6.45, 7) is 7.01. The van der Waals surface area contributed by atoms with Gasteiger partial charge in [0.05, 0.1) is 18.9 Å². The van der Waals surface area contributed by atoms with Crippen molar-refractivity contribution in [2.75, 3.05) is 31.2 Å². The van der Waals surface area contributed by atoms with Crippen LogP contribution in [0.2, 0.25) is 0 Å². The molecule has 7 heteroatoms. The third-order valence-corrected chi connectivity index (χ3v) is 5.82. The number of thioether (sulfide) groups is 1. The topological polar surface area (TPSA) is 43.2 Å². The molecule has 0 saturated carbocycles. The lowest BCUT2D eigenvalue weighted by Crippen LogP contribution is -2.37. The normalized spacial score (nSPS) is 14.5. The summed E-state index contributed by atoms with van der Waals surface area (Å²) >= 11 is 1.62. The van der Waals surface area contributed by atoms with Crippen LogP contribution in [0.3, 0.4) is 0 Å². The van der Waals surface area contributed by atoms with Crippen LogP contribution in [0.5, 0.6) is 0 Å². The highest BCUT2D eigenvalue weighted by Crippen LogP contribution is 2.30. The minimum absolute atomic E-state index is 0.274. The number of hydrogen-bond donors (Lipinski definition) is 0. The summed E-state index contributed by atoms with van der Waals surface area (Å²) in [7, 11) is 0. The number of anilines is 1. The molecule has 0 N–H and O–H groups in total. The average Bonchev–Trinajstić information content (AvgIpc) is 3.13. The summed E-state index contributed by atoms with van der Waals surface area (Å²) in [6.07, 6.45) is 0. The van der Waals surface area contributed by atoms with Crippen molar-refractivity contribution >= 4 is 17.7 Å². The molecular weight excluding hydrogens is 375 g/mol. The van der Waals surface area contributed by atoms with E-state index in [1.54, 1.807) is 17.8 Å². The van der Waals surface area contributed by atoms with E-state index in [0.717, 1.165) is 35.6 Å². The Labute approximate surface area is 168 Å². The minimum Gasteiger partial charge on any atom is -0.378 e. The third kappa shape index (κ3) is 4.05. The molecule has 0 unspecified atom stereocenters. The predicted molar refractivity (Wildman–Crippen MR) is 110 cm³/mol. The van der Waals surface area contributed by atoms with Gasteiger partial charge in [-0.3, -0.25) is 4.57 Å². The maximum absolute atomic E-state index is 13.9. The fourth-order valence-electron chi connectivity index (χ4n) is 3.26. The molecule has 2 aromatic carbocycles. The number of benzene rings is 2. The van der Waals surface area contributed by atoms with Gasteiger partial charge < -0.3 is 9.64 Å². The highest BCUT2D eigenvalue weighted by molar-refractivity contribution is 7.98. The zero-order valence-electron chi connectivity index (χ0n) is 16.1. The first-order valence-corrected chi connectivity index (χ1v) is 10.3. The molecule has 3 aromatic rings. The molecular formula is C21H23FN4OS. The quantitative estimate of drug-likeness (QED) is 0.604. The van der Waals surface area contributed by atoms with Crippen molar-refractivity contribution in [3.8, 4) is 5.69 Å². The van der Waals surface area contributed by atoms with Crippen LogP contribution in [0, 0.1) is 19.7 Å². The fourth-order valence-corrected chi connectivity index (χ4v) is 4.27. The van der Waals surface area contributed by atoms with Crippen LogP contribution >= 0.6 is 11.8 Å². The largest absolute Gasteiger partial charge is 0.378 e. The summed E-state index contributed by atoms with van der Waals surface area (Å²) < 4.78 is 21.3. The Bertz CT molecular complexity index is 969. The first-order valence-electron chi connectivity index (χ1n) is 9.35. The number of aromatic nitrogens is 3. The predicted octanol–water partition coefficient (Wildman–Crippen LogP) is 4.15. The number of morpholine rings is 1. The van der Waals surface area contributed by atoms with E-state index in [4.69, 9.17) is 4.74 Å². The summed E-state index contributed by atoms with van der Waals surface area (Å²) in [5, 5.41) is 9.63. The standard InChI is InChI=1S/C21H23FN4OS/c1-15-6-7-16(2)17(12-15)14-28-21-24-23-20(25-8-10-27-11-9-25)26(21)19-5-3-4-18(22)13-19/h3-7,12-13H,8-11,14H2,1-2H3. The van der Waals surface area contributed by atoms with Gasteiger partial charge in [0.25, 0.3) is 0 Å². The van der Waals surface area contributed by atoms with Crippen molar-refractivity contribution in [3.05, 3.63) is 65.0 Å². The molecule has 0 radical (unpaired) electrons. The van der Waals surface area contributed by atoms with Crippen LogP contribution < -0.4 is 4.90 Å². The molecule has 146 valence electrons. The second kappa shape index (κ2) is 8.32. The maximum Gasteiger partial charge on any atom is 0.232 e. The van der Waals surface area contributed by atoms with Gasteiger partial charge >= 0.3 is 0 Å². The minimum atomic E-state index is -0.274. The molecule has 2 heterocycles. The zero-order valence-corrected chi connectivity index (χ0v) is 16.9. The van der Waals surface area contributed by atoms with Gasteiger partial charge in [-0.05, 0) is 43.2 Å². The number of rotatable bonds is 5. The fraction of sp³-hybridized carbons (Fsp3) is 0.333. The van der Waals surface area contributed by atoms with Gasteiger partial charge in [-0.15, -0.1) is 10.2 Å². The Hall–Kier alpha value is -2.38. The molecule has 1 fully saturated rings. The van der Waals surface area contributed by atoms with Gasteiger partial charge in [0, 0.05) is 18.8 Å². The average molecular weight is 399 g/mol. The molecule has 0 atom stereocenters. The van der Waals surface area contributed by atoms with Crippen molar-refractivity contribution < 1.29 is 9.13 Å². The van der Waals surface area contributed by atoms with Crippen molar-refractivity contribution in [2.24, 2.45) is 0 Å². The molecule has 0 amide bonds. The summed E-state index contributed by atoms with van der Waals surface area (Å²) in [4.78, 5) is 2.14. The molecule has 0 spiro atoms. The van der Waals surface area contributed by atoms with Crippen molar-refractivity contribution in [1.82, 2.24) is 14.8 Å². The highest BCUT2D eigenvalue weighted by Gasteiger charge is 2.22. The monoisotopic (exact) mass is 398 g/mol. The number of nitrogens with zero attached hydrogens (tertiary/aromatic N) is 4. The van der Waals surface area contributed by atoms with E-state index in [1.165, 1.54) is 28.8 Å². The Morgan fingerprint density at radius 2 is 1.89 bits per heavy atom. The van der Waals surface area contributed by atoms with Crippen molar-refractivity contribution in [3.63, 3.8) is 0 Å². The molecule has 4 rings (SSSR count). The van der Waals surface area contributed by atoms with Crippen LogP contribution in [0.4, 0.5) is 10.3 Å². The molecule has 0 bridgehead atoms. The lowest BCUT2D eigenvalue weighted by Gasteiger charge is -2.27. The van der Waals surface area contributed by atoms with Crippen LogP contribution in [-0.4, -0.2) is 41.1 Å². The van der Waals surface area contributed by atoms with Crippen LogP contribution in [0.1, 0.15) is 16.7 Å². The molecule has 1 aliphatic heterocycles. The summed E-state index contributed by atoms with van der Waals surface area (Å²) in [5.74, 6) is 1.24. The van der Waals surface area contributed by atoms with E-state index in [1.807, 2.05) is 10.6 Å². The molecule has 1 aromatic heterocycles. The van der Waals surface area contributed by atoms with E-state index in [2.05, 4.69) is 47.1 Å². The van der Waals surface area contributed by atoms with E-state index in [0.29, 0.717) is 13.2 Å². The Morgan fingerprint density at radius 1 is 1.07 bits per heavy atom. The van der Waals surface area contributed by atoms with Gasteiger partial charge in [-0.2, -0.15) is 0 Å². The van der Waals surface area contributed by atoms with Crippen molar-refractivity contribution in [1.29, 1.82) is 0 Å². The molecule has 28 heavy (non-hydrogen) atoms. The Kier molecular flexibility index (Phi) is 5.64. The van der Waals surface area contributed by atoms with Crippen LogP contribution in [0.25, 0.3) is 5.69 Å². The lowest BCUT2D eigenvalue weighted by atomic mass is 10.1. The highest BCUT2D eigenvalue weighted by atomic mass is 32.2. The van der Waals surface area contributed by atoms with Crippen LogP contribution in [0.15, 0.2) is 47.6 Å². The van der Waals surface area contributed by atoms with Crippen molar-refractivity contribution in [2.45, 2.75) is 24.8 Å². The van der Waals surface area contributed by atoms with Gasteiger partial charge in [0.1, 0.15) is 5.82 Å². The second-order valence-corrected chi connectivity index (χ2v) is 7.86. The molecule has 1 saturated heterocycles. The third-order valence-electron chi connectivity index (χ3n) is 4.84. The number of hydrogen-bond acceptors (Lipinski definition) is 5. The SMILES string of the molecule is Cc1ccc(C)c(CSc2nnc(N3CCOCC3)n2-c2cccc(F)c2)c1. The van der Waals surface area contributed by atoms with Gasteiger partial charge in [-0.25, -0.2) is 4.39 Å². The summed E-state index contributed by atoms with van der Waals surface area (Å²) in [6, 6.07) is 13.0. The summed E-state index contributed by atoms with van der Waals surface area (Å²) in [5.41, 5.74) is 4.49. The van der Waals surface area contributed by atoms with Gasteiger partial charge in [-0.1, -0.05) is 41.6 Å². The van der Waals surface area contributed by atoms with E-state index in [9.17, 15) is 4.39 Å². The first kappa shape index (κ1) is 19.0. The Balaban J connectivity index is 1.68. The number of ether oxygens (including phenoxy) is 1. The van der Waals surface area contributed by atoms with Gasteiger partial charge in [0.15, 0.2) is 5.16 Å². The van der Waals surface area contributed by atoms with Gasteiger partial charge in [0.2, 0.25) is 5.95 Å². The molecule has 5 nitrogen and oxygen atoms in total. The Morgan fingerprint density at radius 3 is 2.68 bits per heavy atom. The number of halogens is 1. The van der Waals surface area contributed by atoms with E-state index < -0.39 is 0 Å². The van der Waals surface area contributed by atoms with E-state index >= 15 is 0 Å². The smallest absolute Gasteiger partial charge is 0.232 e. The molecule has 0 aliphatic carbocycles. The lowest BCUT2D eigenvalue weighted by molar-refractivity contribution is 0.122. The first-order chi connectivity index (χ1) is 13.6. The zero-order chi connectivity index (χ0) is 19.5. The van der Waals surface area contributed by atoms with E-state index in [-0.39, 0.29) is 5.82 Å². The second-order valence-electron chi connectivity index (χ2n) is 6.92. The van der Waals surface area contributed by atoms with Crippen LogP contribution in [-0.2, 0) is 10.5 Å². The molecule has 1 aliphatic rings.